The van der Waals surface area contributed by atoms with Crippen molar-refractivity contribution in [3.05, 3.63) is 60.0 Å². The minimum Gasteiger partial charge on any atom is -0.450 e. The first-order valence-corrected chi connectivity index (χ1v) is 13.3. The first kappa shape index (κ1) is 29.2. The van der Waals surface area contributed by atoms with E-state index in [0.717, 1.165) is 73.9 Å². The summed E-state index contributed by atoms with van der Waals surface area (Å²) in [6.45, 7) is 16.0. The SMILES string of the molecule is C=C/C=C(/C)C(/C=C\C)=C(C)c1cnn(C(CC)(CC#N)CCCC2CCN(C(=O)OCC)CC2)c1. The highest BCUT2D eigenvalue weighted by molar-refractivity contribution is 5.73. The zero-order valence-electron chi connectivity index (χ0n) is 22.9. The van der Waals surface area contributed by atoms with Gasteiger partial charge in [-0.25, -0.2) is 4.79 Å². The second-order valence-electron chi connectivity index (χ2n) is 9.73. The van der Waals surface area contributed by atoms with Crippen LogP contribution in [0.1, 0.15) is 85.1 Å². The lowest BCUT2D eigenvalue weighted by molar-refractivity contribution is 0.0900. The van der Waals surface area contributed by atoms with Crippen LogP contribution in [-0.2, 0) is 10.3 Å². The second-order valence-corrected chi connectivity index (χ2v) is 9.73. The molecule has 0 spiro atoms. The molecule has 0 aliphatic carbocycles. The number of likely N-dealkylation sites (tertiary alicyclic amines) is 1. The topological polar surface area (TPSA) is 71.2 Å². The van der Waals surface area contributed by atoms with Gasteiger partial charge in [0, 0.05) is 24.8 Å². The van der Waals surface area contributed by atoms with Gasteiger partial charge in [0.15, 0.2) is 0 Å². The fourth-order valence-electron chi connectivity index (χ4n) is 5.15. The summed E-state index contributed by atoms with van der Waals surface area (Å²) in [4.78, 5) is 13.8. The summed E-state index contributed by atoms with van der Waals surface area (Å²) in [5.74, 6) is 0.605. The van der Waals surface area contributed by atoms with Gasteiger partial charge in [-0.05, 0) is 76.0 Å². The van der Waals surface area contributed by atoms with Crippen molar-refractivity contribution in [3.63, 3.8) is 0 Å². The summed E-state index contributed by atoms with van der Waals surface area (Å²) < 4.78 is 7.18. The standard InChI is InChI=1S/C30H44N4O2/c1-7-12-24(5)28(13-8-2)25(6)27-22-32-34(23-27)30(9-3,18-19-31)17-11-14-26-15-20-33(21-16-26)29(35)36-10-4/h7-8,12-13,22-23,26H,1,9-11,14-18,20-21H2,2-6H3/b13-8-,24-12-,28-25?. The number of carbonyl (C=O) groups is 1. The van der Waals surface area contributed by atoms with Crippen LogP contribution in [0.2, 0.25) is 0 Å². The molecule has 36 heavy (non-hydrogen) atoms. The molecule has 0 saturated carbocycles. The number of amides is 1. The van der Waals surface area contributed by atoms with E-state index >= 15 is 0 Å². The third kappa shape index (κ3) is 7.46. The first-order chi connectivity index (χ1) is 17.3. The van der Waals surface area contributed by atoms with Gasteiger partial charge >= 0.3 is 6.09 Å². The van der Waals surface area contributed by atoms with Gasteiger partial charge in [-0.2, -0.15) is 10.4 Å². The number of nitriles is 1. The first-order valence-electron chi connectivity index (χ1n) is 13.3. The number of aromatic nitrogens is 2. The van der Waals surface area contributed by atoms with Crippen molar-refractivity contribution >= 4 is 11.7 Å². The van der Waals surface area contributed by atoms with Crippen molar-refractivity contribution < 1.29 is 9.53 Å². The fraction of sp³-hybridized carbons (Fsp3) is 0.567. The molecule has 2 heterocycles. The largest absolute Gasteiger partial charge is 0.450 e. The lowest BCUT2D eigenvalue weighted by Gasteiger charge is -2.34. The molecule has 196 valence electrons. The van der Waals surface area contributed by atoms with E-state index in [1.807, 2.05) is 47.9 Å². The normalized spacial score (nSPS) is 17.4. The number of rotatable bonds is 12. The molecule has 0 aromatic carbocycles. The van der Waals surface area contributed by atoms with Crippen LogP contribution in [0.15, 0.2) is 54.4 Å². The number of carbonyl (C=O) groups excluding carboxylic acids is 1. The summed E-state index contributed by atoms with van der Waals surface area (Å²) in [5, 5.41) is 14.5. The Morgan fingerprint density at radius 1 is 1.33 bits per heavy atom. The third-order valence-corrected chi connectivity index (χ3v) is 7.49. The molecule has 0 N–H and O–H groups in total. The summed E-state index contributed by atoms with van der Waals surface area (Å²) in [6.07, 6.45) is 18.2. The van der Waals surface area contributed by atoms with Gasteiger partial charge in [0.1, 0.15) is 0 Å². The Balaban J connectivity index is 2.14. The van der Waals surface area contributed by atoms with Gasteiger partial charge in [0.05, 0.1) is 30.8 Å². The van der Waals surface area contributed by atoms with Gasteiger partial charge in [-0.1, -0.05) is 50.6 Å². The number of hydrogen-bond acceptors (Lipinski definition) is 4. The van der Waals surface area contributed by atoms with Crippen LogP contribution in [0, 0.1) is 17.2 Å². The number of ether oxygens (including phenoxy) is 1. The Hall–Kier alpha value is -3.07. The highest BCUT2D eigenvalue weighted by Gasteiger charge is 2.32. The van der Waals surface area contributed by atoms with Crippen LogP contribution < -0.4 is 0 Å². The monoisotopic (exact) mass is 492 g/mol. The Morgan fingerprint density at radius 2 is 2.06 bits per heavy atom. The average molecular weight is 493 g/mol. The van der Waals surface area contributed by atoms with Crippen LogP contribution in [-0.4, -0.2) is 40.5 Å². The summed E-state index contributed by atoms with van der Waals surface area (Å²) in [6, 6.07) is 2.43. The summed E-state index contributed by atoms with van der Waals surface area (Å²) in [5.41, 5.74) is 4.23. The molecule has 1 amide bonds. The molecule has 1 aliphatic rings. The second kappa shape index (κ2) is 14.5. The minimum atomic E-state index is -0.314. The Labute approximate surface area is 218 Å². The highest BCUT2D eigenvalue weighted by atomic mass is 16.6. The van der Waals surface area contributed by atoms with Crippen molar-refractivity contribution in [2.45, 2.75) is 85.1 Å². The van der Waals surface area contributed by atoms with Gasteiger partial charge in [0.25, 0.3) is 0 Å². The van der Waals surface area contributed by atoms with Crippen molar-refractivity contribution in [1.82, 2.24) is 14.7 Å². The van der Waals surface area contributed by atoms with Crippen LogP contribution >= 0.6 is 0 Å². The van der Waals surface area contributed by atoms with Crippen LogP contribution in [0.4, 0.5) is 4.79 Å². The molecule has 6 heteroatoms. The van der Waals surface area contributed by atoms with E-state index < -0.39 is 0 Å². The maximum atomic E-state index is 12.0. The molecule has 6 nitrogen and oxygen atoms in total. The molecule has 1 aliphatic heterocycles. The predicted octanol–water partition coefficient (Wildman–Crippen LogP) is 7.42. The predicted molar refractivity (Wildman–Crippen MR) is 147 cm³/mol. The molecule has 1 atom stereocenters. The minimum absolute atomic E-state index is 0.193. The molecule has 1 fully saturated rings. The Kier molecular flexibility index (Phi) is 11.7. The number of hydrogen-bond donors (Lipinski definition) is 0. The van der Waals surface area contributed by atoms with E-state index in [4.69, 9.17) is 9.84 Å². The van der Waals surface area contributed by atoms with Crippen LogP contribution in [0.3, 0.4) is 0 Å². The average Bonchev–Trinajstić information content (AvgIpc) is 3.38. The smallest absolute Gasteiger partial charge is 0.409 e. The number of allylic oxidation sites excluding steroid dienone is 7. The van der Waals surface area contributed by atoms with Crippen LogP contribution in [0.5, 0.6) is 0 Å². The molecular weight excluding hydrogens is 448 g/mol. The third-order valence-electron chi connectivity index (χ3n) is 7.49. The molecular formula is C30H44N4O2. The van der Waals surface area contributed by atoms with Crippen LogP contribution in [0.25, 0.3) is 5.57 Å². The van der Waals surface area contributed by atoms with Crippen molar-refractivity contribution in [2.75, 3.05) is 19.7 Å². The fourth-order valence-corrected chi connectivity index (χ4v) is 5.15. The van der Waals surface area contributed by atoms with Crippen molar-refractivity contribution in [3.8, 4) is 6.07 Å². The number of piperidine rings is 1. The van der Waals surface area contributed by atoms with Gasteiger partial charge in [0.2, 0.25) is 0 Å². The van der Waals surface area contributed by atoms with Gasteiger partial charge < -0.3 is 9.64 Å². The molecule has 1 aromatic rings. The number of nitrogens with zero attached hydrogens (tertiary/aromatic N) is 4. The van der Waals surface area contributed by atoms with E-state index in [2.05, 4.69) is 45.7 Å². The molecule has 1 aromatic heterocycles. The van der Waals surface area contributed by atoms with E-state index in [9.17, 15) is 10.1 Å². The van der Waals surface area contributed by atoms with E-state index in [1.54, 1.807) is 0 Å². The van der Waals surface area contributed by atoms with Crippen molar-refractivity contribution in [1.29, 1.82) is 5.26 Å². The molecule has 1 unspecified atom stereocenters. The van der Waals surface area contributed by atoms with Gasteiger partial charge in [-0.3, -0.25) is 4.68 Å². The van der Waals surface area contributed by atoms with E-state index in [1.165, 1.54) is 0 Å². The zero-order chi connectivity index (χ0) is 26.6. The highest BCUT2D eigenvalue weighted by Crippen LogP contribution is 2.34. The maximum absolute atomic E-state index is 12.0. The molecule has 0 bridgehead atoms. The lowest BCUT2D eigenvalue weighted by Crippen LogP contribution is -2.39. The summed E-state index contributed by atoms with van der Waals surface area (Å²) >= 11 is 0. The quantitative estimate of drug-likeness (QED) is 0.285. The maximum Gasteiger partial charge on any atom is 0.409 e. The molecule has 0 radical (unpaired) electrons. The summed E-state index contributed by atoms with van der Waals surface area (Å²) in [7, 11) is 0. The molecule has 1 saturated heterocycles. The Morgan fingerprint density at radius 3 is 2.64 bits per heavy atom. The lowest BCUT2D eigenvalue weighted by atomic mass is 9.83. The molecule has 2 rings (SSSR count). The Bertz CT molecular complexity index is 1000. The van der Waals surface area contributed by atoms with Gasteiger partial charge in [-0.15, -0.1) is 0 Å². The van der Waals surface area contributed by atoms with E-state index in [-0.39, 0.29) is 11.6 Å². The zero-order valence-corrected chi connectivity index (χ0v) is 22.9. The van der Waals surface area contributed by atoms with Crippen molar-refractivity contribution in [2.24, 2.45) is 5.92 Å². The van der Waals surface area contributed by atoms with E-state index in [0.29, 0.717) is 18.9 Å².